The van der Waals surface area contributed by atoms with Gasteiger partial charge in [0.25, 0.3) is 0 Å². The van der Waals surface area contributed by atoms with Gasteiger partial charge in [0.2, 0.25) is 0 Å². The first-order chi connectivity index (χ1) is 33.1. The SMILES string of the molecule is Cc1cc(C)c(-c2ccc3c4ccc(-c5c(C)cc(C)cc5C)cc4n(-c4ccc(-c5ccc6c(c5)sc5ccccc56)cc4-c4nc(-c5ccccc5)nc(-c5ccccc5)n4)c3c2)c(C)c1. The normalized spacial score (nSPS) is 11.7. The van der Waals surface area contributed by atoms with Gasteiger partial charge in [0.15, 0.2) is 17.5 Å². The van der Waals surface area contributed by atoms with E-state index in [1.807, 2.05) is 47.7 Å². The zero-order valence-corrected chi connectivity index (χ0v) is 39.8. The summed E-state index contributed by atoms with van der Waals surface area (Å²) in [4.78, 5) is 15.9. The molecular weight excluding hydrogens is 845 g/mol. The molecule has 0 radical (unpaired) electrons. The molecule has 0 saturated heterocycles. The second kappa shape index (κ2) is 16.4. The maximum absolute atomic E-state index is 5.40. The van der Waals surface area contributed by atoms with E-state index in [9.17, 15) is 0 Å². The molecule has 3 aromatic heterocycles. The lowest BCUT2D eigenvalue weighted by Gasteiger charge is -2.18. The van der Waals surface area contributed by atoms with Gasteiger partial charge in [-0.15, -0.1) is 11.3 Å². The molecule has 4 nitrogen and oxygen atoms in total. The third-order valence-corrected chi connectivity index (χ3v) is 14.7. The van der Waals surface area contributed by atoms with E-state index in [0.29, 0.717) is 17.5 Å². The highest BCUT2D eigenvalue weighted by molar-refractivity contribution is 7.25. The first-order valence-corrected chi connectivity index (χ1v) is 24.1. The third-order valence-electron chi connectivity index (χ3n) is 13.6. The van der Waals surface area contributed by atoms with Crippen molar-refractivity contribution in [1.82, 2.24) is 19.5 Å². The van der Waals surface area contributed by atoms with Crippen molar-refractivity contribution in [3.63, 3.8) is 0 Å². The number of fused-ring (bicyclic) bond motifs is 6. The highest BCUT2D eigenvalue weighted by Gasteiger charge is 2.23. The van der Waals surface area contributed by atoms with E-state index in [2.05, 4.69) is 192 Å². The van der Waals surface area contributed by atoms with Crippen molar-refractivity contribution >= 4 is 53.3 Å². The van der Waals surface area contributed by atoms with Crippen molar-refractivity contribution in [3.8, 4) is 73.2 Å². The van der Waals surface area contributed by atoms with E-state index < -0.39 is 0 Å². The second-order valence-electron chi connectivity index (χ2n) is 18.4. The summed E-state index contributed by atoms with van der Waals surface area (Å²) in [6.07, 6.45) is 0. The number of aromatic nitrogens is 4. The van der Waals surface area contributed by atoms with Crippen molar-refractivity contribution in [2.75, 3.05) is 0 Å². The number of hydrogen-bond donors (Lipinski definition) is 0. The van der Waals surface area contributed by atoms with E-state index in [1.54, 1.807) is 0 Å². The molecular formula is C63H48N4S. The summed E-state index contributed by atoms with van der Waals surface area (Å²) in [5.74, 6) is 1.86. The van der Waals surface area contributed by atoms with Gasteiger partial charge in [-0.25, -0.2) is 15.0 Å². The summed E-state index contributed by atoms with van der Waals surface area (Å²) in [5.41, 5.74) is 20.8. The molecule has 0 saturated carbocycles. The van der Waals surface area contributed by atoms with Crippen LogP contribution in [0.1, 0.15) is 33.4 Å². The lowest BCUT2D eigenvalue weighted by atomic mass is 9.92. The zero-order valence-electron chi connectivity index (χ0n) is 39.0. The highest BCUT2D eigenvalue weighted by Crippen LogP contribution is 2.43. The van der Waals surface area contributed by atoms with E-state index in [1.165, 1.54) is 86.6 Å². The monoisotopic (exact) mass is 892 g/mol. The Morgan fingerprint density at radius 1 is 0.338 bits per heavy atom. The van der Waals surface area contributed by atoms with Crippen molar-refractivity contribution in [2.24, 2.45) is 0 Å². The van der Waals surface area contributed by atoms with Gasteiger partial charge in [-0.3, -0.25) is 0 Å². The molecule has 0 atom stereocenters. The van der Waals surface area contributed by atoms with Crippen LogP contribution in [0.5, 0.6) is 0 Å². The van der Waals surface area contributed by atoms with Gasteiger partial charge in [-0.1, -0.05) is 157 Å². The van der Waals surface area contributed by atoms with E-state index in [4.69, 9.17) is 15.0 Å². The van der Waals surface area contributed by atoms with Gasteiger partial charge in [-0.05, 0) is 134 Å². The minimum absolute atomic E-state index is 0.607. The van der Waals surface area contributed by atoms with Crippen LogP contribution in [-0.4, -0.2) is 19.5 Å². The average molecular weight is 893 g/mol. The number of rotatable bonds is 7. The number of nitrogens with zero attached hydrogens (tertiary/aromatic N) is 4. The van der Waals surface area contributed by atoms with Crippen molar-refractivity contribution in [2.45, 2.75) is 41.5 Å². The molecule has 0 amide bonds. The first-order valence-electron chi connectivity index (χ1n) is 23.3. The van der Waals surface area contributed by atoms with Crippen LogP contribution >= 0.6 is 11.3 Å². The number of benzene rings is 9. The Morgan fingerprint density at radius 2 is 0.779 bits per heavy atom. The van der Waals surface area contributed by atoms with Crippen LogP contribution in [0.15, 0.2) is 182 Å². The number of hydrogen-bond acceptors (Lipinski definition) is 4. The van der Waals surface area contributed by atoms with Crippen LogP contribution in [0.3, 0.4) is 0 Å². The molecule has 0 aliphatic rings. The van der Waals surface area contributed by atoms with E-state index in [0.717, 1.165) is 44.5 Å². The Bertz CT molecular complexity index is 3750. The largest absolute Gasteiger partial charge is 0.308 e. The Hall–Kier alpha value is -7.99. The molecule has 0 aliphatic carbocycles. The van der Waals surface area contributed by atoms with Gasteiger partial charge in [0.05, 0.1) is 16.7 Å². The molecule has 12 aromatic rings. The second-order valence-corrected chi connectivity index (χ2v) is 19.5. The molecule has 0 spiro atoms. The molecule has 3 heterocycles. The fourth-order valence-electron chi connectivity index (χ4n) is 10.8. The Labute approximate surface area is 400 Å². The molecule has 0 unspecified atom stereocenters. The molecule has 0 fully saturated rings. The molecule has 326 valence electrons. The maximum Gasteiger partial charge on any atom is 0.166 e. The summed E-state index contributed by atoms with van der Waals surface area (Å²) in [5, 5.41) is 4.94. The predicted molar refractivity (Wildman–Crippen MR) is 288 cm³/mol. The molecule has 5 heteroatoms. The summed E-state index contributed by atoms with van der Waals surface area (Å²) in [6.45, 7) is 13.3. The van der Waals surface area contributed by atoms with Gasteiger partial charge in [0.1, 0.15) is 0 Å². The average Bonchev–Trinajstić information content (AvgIpc) is 3.88. The highest BCUT2D eigenvalue weighted by atomic mass is 32.1. The first kappa shape index (κ1) is 41.4. The van der Waals surface area contributed by atoms with Gasteiger partial charge in [0, 0.05) is 47.6 Å². The van der Waals surface area contributed by atoms with Crippen LogP contribution < -0.4 is 0 Å². The van der Waals surface area contributed by atoms with Gasteiger partial charge >= 0.3 is 0 Å². The quantitative estimate of drug-likeness (QED) is 0.160. The van der Waals surface area contributed by atoms with Crippen LogP contribution in [0.25, 0.3) is 115 Å². The van der Waals surface area contributed by atoms with E-state index in [-0.39, 0.29) is 0 Å². The Morgan fingerprint density at radius 3 is 1.34 bits per heavy atom. The van der Waals surface area contributed by atoms with Crippen LogP contribution in [-0.2, 0) is 0 Å². The summed E-state index contributed by atoms with van der Waals surface area (Å²) in [7, 11) is 0. The Balaban J connectivity index is 1.18. The minimum Gasteiger partial charge on any atom is -0.308 e. The van der Waals surface area contributed by atoms with Gasteiger partial charge < -0.3 is 4.57 Å². The fourth-order valence-corrected chi connectivity index (χ4v) is 11.9. The fraction of sp³-hybridized carbons (Fsp3) is 0.0952. The topological polar surface area (TPSA) is 43.6 Å². The standard InChI is InChI=1S/C63H48N4S/c1-37-29-39(3)59(40(4)30-37)47-22-25-49-50-26-23-48(60-41(5)31-38(2)32-42(60)6)35-56(50)67(55(49)34-47)54-28-24-45(46-21-27-52-51-19-13-14-20-57(51)68-58(52)36-46)33-53(54)63-65-61(43-15-9-7-10-16-43)64-62(66-63)44-17-11-8-12-18-44/h7-36H,1-6H3. The number of thiophene rings is 1. The van der Waals surface area contributed by atoms with Crippen molar-refractivity contribution < 1.29 is 0 Å². The van der Waals surface area contributed by atoms with Crippen LogP contribution in [0.4, 0.5) is 0 Å². The summed E-state index contributed by atoms with van der Waals surface area (Å²) in [6, 6.07) is 66.2. The van der Waals surface area contributed by atoms with Gasteiger partial charge in [-0.2, -0.15) is 0 Å². The summed E-state index contributed by atoms with van der Waals surface area (Å²) >= 11 is 1.84. The molecule has 0 N–H and O–H groups in total. The van der Waals surface area contributed by atoms with Crippen molar-refractivity contribution in [1.29, 1.82) is 0 Å². The zero-order chi connectivity index (χ0) is 46.2. The van der Waals surface area contributed by atoms with Crippen LogP contribution in [0.2, 0.25) is 0 Å². The lowest BCUT2D eigenvalue weighted by molar-refractivity contribution is 1.06. The molecule has 68 heavy (non-hydrogen) atoms. The lowest BCUT2D eigenvalue weighted by Crippen LogP contribution is -2.04. The molecule has 12 rings (SSSR count). The minimum atomic E-state index is 0.607. The smallest absolute Gasteiger partial charge is 0.166 e. The van der Waals surface area contributed by atoms with Crippen molar-refractivity contribution in [3.05, 3.63) is 215 Å². The predicted octanol–water partition coefficient (Wildman–Crippen LogP) is 17.2. The van der Waals surface area contributed by atoms with Crippen LogP contribution in [0, 0.1) is 41.5 Å². The molecule has 9 aromatic carbocycles. The number of aryl methyl sites for hydroxylation is 6. The van der Waals surface area contributed by atoms with E-state index >= 15 is 0 Å². The summed E-state index contributed by atoms with van der Waals surface area (Å²) < 4.78 is 5.02. The third kappa shape index (κ3) is 7.10. The molecule has 0 aliphatic heterocycles. The Kier molecular flexibility index (Phi) is 10.00. The molecule has 0 bridgehead atoms. The maximum atomic E-state index is 5.40.